The first-order valence-electron chi connectivity index (χ1n) is 8.26. The molecule has 0 radical (unpaired) electrons. The lowest BCUT2D eigenvalue weighted by molar-refractivity contribution is -0.132. The van der Waals surface area contributed by atoms with E-state index in [0.29, 0.717) is 21.4 Å². The molecule has 1 aliphatic rings. The normalized spacial score (nSPS) is 14.6. The predicted octanol–water partition coefficient (Wildman–Crippen LogP) is 4.17. The minimum atomic E-state index is -0.438. The summed E-state index contributed by atoms with van der Waals surface area (Å²) >= 11 is 17.1. The number of rotatable bonds is 4. The lowest BCUT2D eigenvalue weighted by Gasteiger charge is -2.31. The van der Waals surface area contributed by atoms with Gasteiger partial charge in [0.1, 0.15) is 17.9 Å². The first-order chi connectivity index (χ1) is 13.3. The molecule has 3 rings (SSSR count). The third-order valence-corrected chi connectivity index (χ3v) is 5.36. The van der Waals surface area contributed by atoms with Gasteiger partial charge in [-0.15, -0.1) is 0 Å². The van der Waals surface area contributed by atoms with Gasteiger partial charge >= 0.3 is 0 Å². The Balaban J connectivity index is 1.81. The molecule has 5 nitrogen and oxygen atoms in total. The van der Waals surface area contributed by atoms with Gasteiger partial charge in [-0.3, -0.25) is 19.4 Å². The van der Waals surface area contributed by atoms with Crippen molar-refractivity contribution >= 4 is 58.4 Å². The van der Waals surface area contributed by atoms with Gasteiger partial charge in [0, 0.05) is 29.7 Å². The van der Waals surface area contributed by atoms with Crippen LogP contribution in [0, 0.1) is 0 Å². The zero-order chi connectivity index (χ0) is 20.4. The van der Waals surface area contributed by atoms with Crippen molar-refractivity contribution < 1.29 is 14.3 Å². The van der Waals surface area contributed by atoms with Crippen LogP contribution in [0.1, 0.15) is 11.1 Å². The predicted molar refractivity (Wildman–Crippen MR) is 113 cm³/mol. The molecule has 0 spiro atoms. The minimum Gasteiger partial charge on any atom is -0.489 e. The van der Waals surface area contributed by atoms with E-state index >= 15 is 0 Å². The monoisotopic (exact) mass is 434 g/mol. The van der Waals surface area contributed by atoms with Gasteiger partial charge in [-0.2, -0.15) is 0 Å². The molecule has 144 valence electrons. The smallest absolute Gasteiger partial charge is 0.265 e. The Bertz CT molecular complexity index is 981. The summed E-state index contributed by atoms with van der Waals surface area (Å²) in [5.74, 6) is -0.298. The molecule has 0 unspecified atom stereocenters. The van der Waals surface area contributed by atoms with E-state index in [1.165, 1.54) is 30.0 Å². The summed E-state index contributed by atoms with van der Waals surface area (Å²) in [5.41, 5.74) is 1.49. The van der Waals surface area contributed by atoms with E-state index in [4.69, 9.17) is 40.2 Å². The maximum absolute atomic E-state index is 12.4. The Labute approximate surface area is 178 Å². The Kier molecular flexibility index (Phi) is 6.03. The van der Waals surface area contributed by atoms with E-state index in [1.807, 2.05) is 0 Å². The SMILES string of the molecule is CN1C(=O)C(=Cc2cccc(OCc3ccc(Cl)cc3Cl)c2)C(=O)N(C)C1=S. The average Bonchev–Trinajstić information content (AvgIpc) is 2.68. The Morgan fingerprint density at radius 2 is 1.71 bits per heavy atom. The van der Waals surface area contributed by atoms with Crippen LogP contribution < -0.4 is 4.74 Å². The van der Waals surface area contributed by atoms with Crippen LogP contribution in [0.2, 0.25) is 10.0 Å². The number of carbonyl (C=O) groups is 2. The molecule has 1 heterocycles. The van der Waals surface area contributed by atoms with Crippen LogP contribution in [0.25, 0.3) is 6.08 Å². The molecule has 0 bridgehead atoms. The van der Waals surface area contributed by atoms with Gasteiger partial charge in [0.05, 0.1) is 0 Å². The summed E-state index contributed by atoms with van der Waals surface area (Å²) in [7, 11) is 3.08. The van der Waals surface area contributed by atoms with Crippen LogP contribution in [0.15, 0.2) is 48.0 Å². The summed E-state index contributed by atoms with van der Waals surface area (Å²) in [6.07, 6.45) is 1.53. The van der Waals surface area contributed by atoms with Gasteiger partial charge in [0.15, 0.2) is 5.11 Å². The van der Waals surface area contributed by atoms with Gasteiger partial charge in [-0.25, -0.2) is 0 Å². The van der Waals surface area contributed by atoms with Crippen LogP contribution in [-0.4, -0.2) is 40.8 Å². The molecule has 2 aromatic rings. The highest BCUT2D eigenvalue weighted by Crippen LogP contribution is 2.24. The summed E-state index contributed by atoms with van der Waals surface area (Å²) in [6.45, 7) is 0.258. The first-order valence-corrected chi connectivity index (χ1v) is 9.43. The van der Waals surface area contributed by atoms with E-state index in [2.05, 4.69) is 0 Å². The molecule has 1 fully saturated rings. The fourth-order valence-corrected chi connectivity index (χ4v) is 3.26. The highest BCUT2D eigenvalue weighted by molar-refractivity contribution is 7.80. The molecule has 1 aliphatic heterocycles. The van der Waals surface area contributed by atoms with E-state index in [1.54, 1.807) is 42.5 Å². The molecule has 0 saturated carbocycles. The fraction of sp³-hybridized carbons (Fsp3) is 0.150. The van der Waals surface area contributed by atoms with E-state index in [0.717, 1.165) is 5.56 Å². The van der Waals surface area contributed by atoms with Crippen molar-refractivity contribution in [2.24, 2.45) is 0 Å². The Morgan fingerprint density at radius 3 is 2.36 bits per heavy atom. The van der Waals surface area contributed by atoms with Gasteiger partial charge < -0.3 is 4.74 Å². The number of ether oxygens (including phenoxy) is 1. The standard InChI is InChI=1S/C20H16Cl2N2O3S/c1-23-18(25)16(19(26)24(2)20(23)28)9-12-4-3-5-15(8-12)27-11-13-6-7-14(21)10-17(13)22/h3-10H,11H2,1-2H3. The molecular formula is C20H16Cl2N2O3S. The zero-order valence-electron chi connectivity index (χ0n) is 15.1. The third-order valence-electron chi connectivity index (χ3n) is 4.22. The Morgan fingerprint density at radius 1 is 1.04 bits per heavy atom. The number of thiocarbonyl (C=S) groups is 1. The topological polar surface area (TPSA) is 49.9 Å². The zero-order valence-corrected chi connectivity index (χ0v) is 17.4. The number of hydrogen-bond donors (Lipinski definition) is 0. The average molecular weight is 435 g/mol. The van der Waals surface area contributed by atoms with Crippen LogP contribution in [-0.2, 0) is 16.2 Å². The summed E-state index contributed by atoms with van der Waals surface area (Å²) < 4.78 is 5.79. The fourth-order valence-electron chi connectivity index (χ4n) is 2.64. The van der Waals surface area contributed by atoms with Crippen molar-refractivity contribution in [1.29, 1.82) is 0 Å². The molecule has 0 atom stereocenters. The van der Waals surface area contributed by atoms with Crippen molar-refractivity contribution in [1.82, 2.24) is 9.80 Å². The second-order valence-corrected chi connectivity index (χ2v) is 7.37. The van der Waals surface area contributed by atoms with Gasteiger partial charge in [0.2, 0.25) is 0 Å². The lowest BCUT2D eigenvalue weighted by atomic mass is 10.1. The van der Waals surface area contributed by atoms with Crippen molar-refractivity contribution in [3.8, 4) is 5.75 Å². The highest BCUT2D eigenvalue weighted by Gasteiger charge is 2.35. The molecular weight excluding hydrogens is 419 g/mol. The minimum absolute atomic E-state index is 0.0384. The number of halogens is 2. The maximum Gasteiger partial charge on any atom is 0.265 e. The van der Waals surface area contributed by atoms with Gasteiger partial charge in [-0.1, -0.05) is 41.4 Å². The van der Waals surface area contributed by atoms with Crippen LogP contribution in [0.3, 0.4) is 0 Å². The van der Waals surface area contributed by atoms with E-state index in [-0.39, 0.29) is 17.3 Å². The number of amides is 2. The molecule has 0 N–H and O–H groups in total. The molecule has 28 heavy (non-hydrogen) atoms. The largest absolute Gasteiger partial charge is 0.489 e. The van der Waals surface area contributed by atoms with Gasteiger partial charge in [-0.05, 0) is 48.1 Å². The highest BCUT2D eigenvalue weighted by atomic mass is 35.5. The van der Waals surface area contributed by atoms with Gasteiger partial charge in [0.25, 0.3) is 11.8 Å². The molecule has 2 aromatic carbocycles. The summed E-state index contributed by atoms with van der Waals surface area (Å²) in [5, 5.41) is 1.24. The molecule has 0 aliphatic carbocycles. The van der Waals surface area contributed by atoms with Crippen molar-refractivity contribution in [3.05, 3.63) is 69.2 Å². The summed E-state index contributed by atoms with van der Waals surface area (Å²) in [4.78, 5) is 27.4. The van der Waals surface area contributed by atoms with Crippen LogP contribution in [0.4, 0.5) is 0 Å². The number of carbonyl (C=O) groups excluding carboxylic acids is 2. The molecule has 8 heteroatoms. The van der Waals surface area contributed by atoms with Crippen molar-refractivity contribution in [3.63, 3.8) is 0 Å². The lowest BCUT2D eigenvalue weighted by Crippen LogP contribution is -2.52. The van der Waals surface area contributed by atoms with E-state index < -0.39 is 11.8 Å². The quantitative estimate of drug-likeness (QED) is 0.411. The second kappa shape index (κ2) is 8.31. The number of nitrogens with zero attached hydrogens (tertiary/aromatic N) is 2. The number of hydrogen-bond acceptors (Lipinski definition) is 4. The van der Waals surface area contributed by atoms with Crippen LogP contribution >= 0.6 is 35.4 Å². The molecule has 0 aromatic heterocycles. The number of benzene rings is 2. The molecule has 1 saturated heterocycles. The first kappa shape index (κ1) is 20.3. The maximum atomic E-state index is 12.4. The van der Waals surface area contributed by atoms with Crippen molar-refractivity contribution in [2.45, 2.75) is 6.61 Å². The second-order valence-electron chi connectivity index (χ2n) is 6.17. The Hall–Kier alpha value is -2.41. The third kappa shape index (κ3) is 4.19. The van der Waals surface area contributed by atoms with Crippen molar-refractivity contribution in [2.75, 3.05) is 14.1 Å². The van der Waals surface area contributed by atoms with E-state index in [9.17, 15) is 9.59 Å². The van der Waals surface area contributed by atoms with Crippen LogP contribution in [0.5, 0.6) is 5.75 Å². The summed E-state index contributed by atoms with van der Waals surface area (Å²) in [6, 6.07) is 12.3. The molecule has 2 amide bonds. The number of likely N-dealkylation sites (N-methyl/N-ethyl adjacent to an activating group) is 2.